The van der Waals surface area contributed by atoms with Crippen molar-refractivity contribution in [2.45, 2.75) is 44.4 Å². The van der Waals surface area contributed by atoms with E-state index in [4.69, 9.17) is 33.3 Å². The van der Waals surface area contributed by atoms with Gasteiger partial charge in [0.25, 0.3) is 0 Å². The van der Waals surface area contributed by atoms with E-state index in [-0.39, 0.29) is 30.1 Å². The summed E-state index contributed by atoms with van der Waals surface area (Å²) in [6, 6.07) is 11.3. The summed E-state index contributed by atoms with van der Waals surface area (Å²) < 4.78 is 10.8. The highest BCUT2D eigenvalue weighted by Gasteiger charge is 2.28. The Balaban J connectivity index is 1.37. The monoisotopic (exact) mass is 487 g/mol. The number of amides is 1. The van der Waals surface area contributed by atoms with Crippen LogP contribution < -0.4 is 20.7 Å². The van der Waals surface area contributed by atoms with E-state index in [0.717, 1.165) is 23.1 Å². The highest BCUT2D eigenvalue weighted by molar-refractivity contribution is 7.80. The molecular weight excluding hydrogens is 462 g/mol. The molecule has 2 aromatic carbocycles. The third-order valence-electron chi connectivity index (χ3n) is 5.78. The average molecular weight is 488 g/mol. The molecule has 0 spiro atoms. The van der Waals surface area contributed by atoms with E-state index < -0.39 is 0 Å². The van der Waals surface area contributed by atoms with Gasteiger partial charge in [0.15, 0.2) is 5.11 Å². The second-order valence-electron chi connectivity index (χ2n) is 8.42. The van der Waals surface area contributed by atoms with Crippen molar-refractivity contribution in [1.82, 2.24) is 16.0 Å². The molecule has 0 unspecified atom stereocenters. The van der Waals surface area contributed by atoms with Crippen LogP contribution in [-0.2, 0) is 16.0 Å². The molecule has 1 amide bonds. The topological polar surface area (TPSA) is 88.7 Å². The molecule has 1 saturated heterocycles. The number of fused-ring (bicyclic) bond motifs is 1. The quantitative estimate of drug-likeness (QED) is 0.426. The highest BCUT2D eigenvalue weighted by atomic mass is 35.5. The molecule has 0 saturated carbocycles. The van der Waals surface area contributed by atoms with Crippen LogP contribution in [0.3, 0.4) is 0 Å². The number of halogens is 1. The van der Waals surface area contributed by atoms with Crippen molar-refractivity contribution in [1.29, 1.82) is 0 Å². The maximum absolute atomic E-state index is 12.4. The predicted octanol–water partition coefficient (Wildman–Crippen LogP) is 3.23. The molecule has 2 aliphatic rings. The van der Waals surface area contributed by atoms with Gasteiger partial charge >= 0.3 is 5.97 Å². The third kappa shape index (κ3) is 5.57. The van der Waals surface area contributed by atoms with Crippen LogP contribution in [0.2, 0.25) is 5.02 Å². The SMILES string of the molecule is COC(=O)c1cccc(-c2cc(Cl)c3c(c2)C[C@H](CNC(=O)C[C@@H]2C[C@@H](C)NC(=S)N2)O3)c1. The van der Waals surface area contributed by atoms with Gasteiger partial charge in [0, 0.05) is 30.5 Å². The first-order valence-electron chi connectivity index (χ1n) is 10.8. The Morgan fingerprint density at radius 2 is 2.06 bits per heavy atom. The molecule has 0 aromatic heterocycles. The summed E-state index contributed by atoms with van der Waals surface area (Å²) >= 11 is 11.7. The smallest absolute Gasteiger partial charge is 0.337 e. The third-order valence-corrected chi connectivity index (χ3v) is 6.30. The molecule has 0 bridgehead atoms. The number of methoxy groups -OCH3 is 1. The molecule has 1 fully saturated rings. The summed E-state index contributed by atoms with van der Waals surface area (Å²) in [6.07, 6.45) is 1.62. The molecular formula is C24H26ClN3O4S. The molecule has 9 heteroatoms. The fourth-order valence-electron chi connectivity index (χ4n) is 4.27. The summed E-state index contributed by atoms with van der Waals surface area (Å²) in [5, 5.41) is 10.3. The van der Waals surface area contributed by atoms with Crippen molar-refractivity contribution < 1.29 is 19.1 Å². The lowest BCUT2D eigenvalue weighted by Crippen LogP contribution is -2.54. The first kappa shape index (κ1) is 23.3. The van der Waals surface area contributed by atoms with Crippen molar-refractivity contribution >= 4 is 40.8 Å². The van der Waals surface area contributed by atoms with Crippen LogP contribution in [0.1, 0.15) is 35.7 Å². The minimum Gasteiger partial charge on any atom is -0.486 e. The summed E-state index contributed by atoms with van der Waals surface area (Å²) in [7, 11) is 1.36. The molecule has 3 atom stereocenters. The van der Waals surface area contributed by atoms with E-state index in [1.165, 1.54) is 7.11 Å². The molecule has 3 N–H and O–H groups in total. The van der Waals surface area contributed by atoms with E-state index in [1.54, 1.807) is 12.1 Å². The van der Waals surface area contributed by atoms with Gasteiger partial charge in [-0.3, -0.25) is 4.79 Å². The zero-order chi connectivity index (χ0) is 23.5. The van der Waals surface area contributed by atoms with Gasteiger partial charge in [-0.25, -0.2) is 4.79 Å². The van der Waals surface area contributed by atoms with Crippen molar-refractivity contribution in [3.8, 4) is 16.9 Å². The van der Waals surface area contributed by atoms with E-state index in [0.29, 0.717) is 40.8 Å². The lowest BCUT2D eigenvalue weighted by molar-refractivity contribution is -0.121. The standard InChI is InChI=1S/C24H26ClN3O4S/c1-13-6-18(28-24(33)27-13)11-21(29)26-12-19-9-17-8-16(10-20(25)22(17)32-19)14-4-3-5-15(7-14)23(30)31-2/h3-5,7-8,10,13,18-19H,6,9,11-12H2,1-2H3,(H,26,29)(H2,27,28,33)/t13-,18+,19-/m1/s1. The Hall–Kier alpha value is -2.84. The number of carbonyl (C=O) groups excluding carboxylic acids is 2. The Morgan fingerprint density at radius 3 is 2.82 bits per heavy atom. The fraction of sp³-hybridized carbons (Fsp3) is 0.375. The van der Waals surface area contributed by atoms with Crippen LogP contribution in [-0.4, -0.2) is 48.8 Å². The van der Waals surface area contributed by atoms with Crippen LogP contribution in [0.25, 0.3) is 11.1 Å². The lowest BCUT2D eigenvalue weighted by atomic mass is 9.99. The molecule has 7 nitrogen and oxygen atoms in total. The van der Waals surface area contributed by atoms with Crippen molar-refractivity contribution in [3.05, 3.63) is 52.5 Å². The Bertz CT molecular complexity index is 1090. The Morgan fingerprint density at radius 1 is 1.24 bits per heavy atom. The molecule has 2 aliphatic heterocycles. The second kappa shape index (κ2) is 9.97. The van der Waals surface area contributed by atoms with Crippen molar-refractivity contribution in [3.63, 3.8) is 0 Å². The first-order valence-corrected chi connectivity index (χ1v) is 11.6. The zero-order valence-corrected chi connectivity index (χ0v) is 20.0. The minimum absolute atomic E-state index is 0.0215. The largest absolute Gasteiger partial charge is 0.486 e. The number of rotatable bonds is 6. The average Bonchev–Trinajstić information content (AvgIpc) is 3.20. The second-order valence-corrected chi connectivity index (χ2v) is 9.24. The van der Waals surface area contributed by atoms with Gasteiger partial charge in [-0.1, -0.05) is 23.7 Å². The number of nitrogens with one attached hydrogen (secondary N) is 3. The van der Waals surface area contributed by atoms with Gasteiger partial charge in [-0.2, -0.15) is 0 Å². The van der Waals surface area contributed by atoms with E-state index in [1.807, 2.05) is 31.2 Å². The number of thiocarbonyl (C=S) groups is 1. The van der Waals surface area contributed by atoms with Crippen LogP contribution in [0.15, 0.2) is 36.4 Å². The van der Waals surface area contributed by atoms with Crippen LogP contribution in [0.4, 0.5) is 0 Å². The number of carbonyl (C=O) groups is 2. The predicted molar refractivity (Wildman–Crippen MR) is 131 cm³/mol. The van der Waals surface area contributed by atoms with Gasteiger partial charge in [-0.15, -0.1) is 0 Å². The van der Waals surface area contributed by atoms with Gasteiger partial charge in [0.2, 0.25) is 5.91 Å². The molecule has 2 heterocycles. The summed E-state index contributed by atoms with van der Waals surface area (Å²) in [5.41, 5.74) is 3.20. The van der Waals surface area contributed by atoms with Crippen LogP contribution >= 0.6 is 23.8 Å². The van der Waals surface area contributed by atoms with Gasteiger partial charge in [-0.05, 0) is 61.0 Å². The number of benzene rings is 2. The number of hydrogen-bond acceptors (Lipinski definition) is 5. The molecule has 174 valence electrons. The normalized spacial score (nSPS) is 21.3. The minimum atomic E-state index is -0.390. The number of esters is 1. The summed E-state index contributed by atoms with van der Waals surface area (Å²) in [4.78, 5) is 24.3. The number of hydrogen-bond donors (Lipinski definition) is 3. The van der Waals surface area contributed by atoms with E-state index in [9.17, 15) is 9.59 Å². The van der Waals surface area contributed by atoms with Crippen LogP contribution in [0, 0.1) is 0 Å². The zero-order valence-electron chi connectivity index (χ0n) is 18.4. The maximum Gasteiger partial charge on any atom is 0.337 e. The molecule has 0 radical (unpaired) electrons. The van der Waals surface area contributed by atoms with Crippen LogP contribution in [0.5, 0.6) is 5.75 Å². The highest BCUT2D eigenvalue weighted by Crippen LogP contribution is 2.39. The Labute approximate surface area is 203 Å². The Kier molecular flexibility index (Phi) is 7.05. The first-order chi connectivity index (χ1) is 15.8. The summed E-state index contributed by atoms with van der Waals surface area (Å²) in [5.74, 6) is 0.206. The van der Waals surface area contributed by atoms with E-state index in [2.05, 4.69) is 16.0 Å². The molecule has 33 heavy (non-hydrogen) atoms. The van der Waals surface area contributed by atoms with Gasteiger partial charge < -0.3 is 25.4 Å². The molecule has 2 aromatic rings. The fourth-order valence-corrected chi connectivity index (χ4v) is 4.92. The number of ether oxygens (including phenoxy) is 2. The summed E-state index contributed by atoms with van der Waals surface area (Å²) in [6.45, 7) is 2.44. The molecule has 0 aliphatic carbocycles. The molecule has 4 rings (SSSR count). The van der Waals surface area contributed by atoms with Crippen molar-refractivity contribution in [2.75, 3.05) is 13.7 Å². The lowest BCUT2D eigenvalue weighted by Gasteiger charge is -2.30. The van der Waals surface area contributed by atoms with Gasteiger partial charge in [0.1, 0.15) is 11.9 Å². The maximum atomic E-state index is 12.4. The van der Waals surface area contributed by atoms with Gasteiger partial charge in [0.05, 0.1) is 24.2 Å². The van der Waals surface area contributed by atoms with E-state index >= 15 is 0 Å². The van der Waals surface area contributed by atoms with Crippen molar-refractivity contribution in [2.24, 2.45) is 0 Å².